The van der Waals surface area contributed by atoms with E-state index in [1.807, 2.05) is 13.8 Å². The van der Waals surface area contributed by atoms with Gasteiger partial charge in [-0.05, 0) is 47.4 Å². The molecule has 1 aliphatic rings. The van der Waals surface area contributed by atoms with E-state index in [0.717, 1.165) is 5.69 Å². The molecule has 0 saturated heterocycles. The van der Waals surface area contributed by atoms with Crippen LogP contribution in [0.3, 0.4) is 0 Å². The van der Waals surface area contributed by atoms with Crippen molar-refractivity contribution in [2.75, 3.05) is 26.0 Å². The van der Waals surface area contributed by atoms with Crippen LogP contribution < -0.4 is 4.90 Å². The maximum absolute atomic E-state index is 2.30. The smallest absolute Gasteiger partial charge is 0.214 e. The van der Waals surface area contributed by atoms with Gasteiger partial charge in [-0.1, -0.05) is 98.3 Å². The molecule has 0 spiro atoms. The zero-order chi connectivity index (χ0) is 26.4. The monoisotopic (exact) mass is 485 g/mol. The second-order valence-electron chi connectivity index (χ2n) is 9.26. The Balaban J connectivity index is 0.00000156. The summed E-state index contributed by atoms with van der Waals surface area (Å²) in [5.41, 5.74) is 12.2. The molecule has 4 aromatic rings. The van der Waals surface area contributed by atoms with Crippen LogP contribution in [0.2, 0.25) is 0 Å². The first-order chi connectivity index (χ1) is 18.0. The van der Waals surface area contributed by atoms with Gasteiger partial charge in [0.25, 0.3) is 0 Å². The Morgan fingerprint density at radius 3 is 1.84 bits per heavy atom. The summed E-state index contributed by atoms with van der Waals surface area (Å²) in [6.07, 6.45) is 4.49. The van der Waals surface area contributed by atoms with E-state index in [2.05, 4.69) is 153 Å². The third-order valence-electron chi connectivity index (χ3n) is 6.67. The first-order valence-electron chi connectivity index (χ1n) is 13.1. The van der Waals surface area contributed by atoms with Gasteiger partial charge in [0.2, 0.25) is 11.4 Å². The number of nitrogens with zero attached hydrogens (tertiary/aromatic N) is 2. The lowest BCUT2D eigenvalue weighted by Crippen LogP contribution is -2.18. The topological polar surface area (TPSA) is 6.25 Å². The van der Waals surface area contributed by atoms with Crippen molar-refractivity contribution in [3.8, 4) is 0 Å². The summed E-state index contributed by atoms with van der Waals surface area (Å²) < 4.78 is 2.30. The van der Waals surface area contributed by atoms with Gasteiger partial charge in [-0.15, -0.1) is 0 Å². The van der Waals surface area contributed by atoms with Crippen LogP contribution in [0.4, 0.5) is 11.4 Å². The average Bonchev–Trinajstić information content (AvgIpc) is 2.95. The summed E-state index contributed by atoms with van der Waals surface area (Å²) in [7, 11) is 6.32. The first-order valence-corrected chi connectivity index (χ1v) is 13.1. The highest BCUT2D eigenvalue weighted by atomic mass is 15.1. The lowest BCUT2D eigenvalue weighted by Gasteiger charge is -2.21. The van der Waals surface area contributed by atoms with Gasteiger partial charge >= 0.3 is 0 Å². The Morgan fingerprint density at radius 1 is 0.649 bits per heavy atom. The van der Waals surface area contributed by atoms with Gasteiger partial charge < -0.3 is 4.90 Å². The van der Waals surface area contributed by atoms with Crippen LogP contribution in [0, 0.1) is 6.92 Å². The third kappa shape index (κ3) is 5.49. The molecule has 0 atom stereocenters. The maximum Gasteiger partial charge on any atom is 0.214 e. The minimum atomic E-state index is 1.16. The molecule has 0 aromatic heterocycles. The van der Waals surface area contributed by atoms with Crippen LogP contribution in [-0.4, -0.2) is 31.4 Å². The second-order valence-corrected chi connectivity index (χ2v) is 9.26. The normalized spacial score (nSPS) is 14.8. The van der Waals surface area contributed by atoms with Crippen LogP contribution in [0.5, 0.6) is 0 Å². The Bertz CT molecular complexity index is 1440. The fraction of sp³-hybridized carbons (Fsp3) is 0.171. The van der Waals surface area contributed by atoms with Crippen molar-refractivity contribution >= 4 is 34.3 Å². The SMILES string of the molecule is CC.Cc1ccc(C(=C2C(=[N+](C)c3ccccc3)C=Cc3ccccc32)c2ccc(N(C)C)cc2)cc1. The molecule has 0 saturated carbocycles. The van der Waals surface area contributed by atoms with E-state index in [1.165, 1.54) is 50.4 Å². The Labute approximate surface area is 222 Å². The number of rotatable bonds is 4. The largest absolute Gasteiger partial charge is 0.378 e. The van der Waals surface area contributed by atoms with E-state index in [1.54, 1.807) is 0 Å². The fourth-order valence-corrected chi connectivity index (χ4v) is 4.69. The highest BCUT2D eigenvalue weighted by Crippen LogP contribution is 2.38. The molecule has 0 fully saturated rings. The molecule has 0 aliphatic heterocycles. The number of aryl methyl sites for hydroxylation is 1. The molecular formula is C35H37N2+. The van der Waals surface area contributed by atoms with Crippen LogP contribution in [0.15, 0.2) is 109 Å². The lowest BCUT2D eigenvalue weighted by molar-refractivity contribution is -0.402. The Hall–Kier alpha value is -4.17. The molecule has 4 aromatic carbocycles. The highest BCUT2D eigenvalue weighted by molar-refractivity contribution is 6.37. The molecule has 0 amide bonds. The second kappa shape index (κ2) is 11.7. The predicted octanol–water partition coefficient (Wildman–Crippen LogP) is 8.49. The standard InChI is InChI=1S/C33H31N2.C2H6/c1-24-14-16-26(17-15-24)32(27-18-21-28(22-19-27)34(2)3)33-30-13-9-8-10-25(30)20-23-31(33)35(4)29-11-6-5-7-12-29;1-2/h5-23H,1-4H3;1-2H3/q+1;. The predicted molar refractivity (Wildman–Crippen MR) is 162 cm³/mol. The summed E-state index contributed by atoms with van der Waals surface area (Å²) in [6, 6.07) is 37.1. The molecule has 0 N–H and O–H groups in total. The number of hydrogen-bond acceptors (Lipinski definition) is 1. The van der Waals surface area contributed by atoms with Crippen LogP contribution in [-0.2, 0) is 0 Å². The summed E-state index contributed by atoms with van der Waals surface area (Å²) in [4.78, 5) is 2.14. The van der Waals surface area contributed by atoms with Crippen molar-refractivity contribution in [1.29, 1.82) is 0 Å². The van der Waals surface area contributed by atoms with Crippen LogP contribution >= 0.6 is 0 Å². The first kappa shape index (κ1) is 25.9. The summed E-state index contributed by atoms with van der Waals surface area (Å²) >= 11 is 0. The maximum atomic E-state index is 2.30. The summed E-state index contributed by atoms with van der Waals surface area (Å²) in [5, 5.41) is 0. The minimum Gasteiger partial charge on any atom is -0.378 e. The molecular weight excluding hydrogens is 448 g/mol. The van der Waals surface area contributed by atoms with Gasteiger partial charge in [0.05, 0.1) is 5.57 Å². The van der Waals surface area contributed by atoms with Gasteiger partial charge in [-0.2, -0.15) is 4.58 Å². The summed E-state index contributed by atoms with van der Waals surface area (Å²) in [5.74, 6) is 0. The average molecular weight is 486 g/mol. The quantitative estimate of drug-likeness (QED) is 0.263. The minimum absolute atomic E-state index is 1.16. The molecule has 5 rings (SSSR count). The van der Waals surface area contributed by atoms with Crippen molar-refractivity contribution < 1.29 is 4.58 Å². The summed E-state index contributed by atoms with van der Waals surface area (Å²) in [6.45, 7) is 6.14. The molecule has 0 heterocycles. The van der Waals surface area contributed by atoms with Gasteiger partial charge in [0.15, 0.2) is 0 Å². The number of hydrogen-bond donors (Lipinski definition) is 0. The number of para-hydroxylation sites is 1. The number of fused-ring (bicyclic) bond motifs is 1. The number of anilines is 1. The van der Waals surface area contributed by atoms with Gasteiger partial charge in [-0.25, -0.2) is 0 Å². The molecule has 2 nitrogen and oxygen atoms in total. The Kier molecular flexibility index (Phi) is 8.20. The molecule has 0 radical (unpaired) electrons. The molecule has 0 unspecified atom stereocenters. The van der Waals surface area contributed by atoms with Gasteiger partial charge in [0.1, 0.15) is 7.05 Å². The van der Waals surface area contributed by atoms with Crippen molar-refractivity contribution in [1.82, 2.24) is 0 Å². The lowest BCUT2D eigenvalue weighted by atomic mass is 9.82. The third-order valence-corrected chi connectivity index (χ3v) is 6.67. The van der Waals surface area contributed by atoms with Gasteiger partial charge in [-0.3, -0.25) is 0 Å². The highest BCUT2D eigenvalue weighted by Gasteiger charge is 2.28. The van der Waals surface area contributed by atoms with E-state index in [-0.39, 0.29) is 0 Å². The van der Waals surface area contributed by atoms with E-state index >= 15 is 0 Å². The van der Waals surface area contributed by atoms with Crippen LogP contribution in [0.25, 0.3) is 17.2 Å². The van der Waals surface area contributed by atoms with Crippen molar-refractivity contribution in [3.63, 3.8) is 0 Å². The molecule has 37 heavy (non-hydrogen) atoms. The van der Waals surface area contributed by atoms with E-state index < -0.39 is 0 Å². The van der Waals surface area contributed by atoms with Crippen molar-refractivity contribution in [3.05, 3.63) is 137 Å². The molecule has 1 aliphatic carbocycles. The van der Waals surface area contributed by atoms with Crippen molar-refractivity contribution in [2.24, 2.45) is 0 Å². The molecule has 186 valence electrons. The zero-order valence-electron chi connectivity index (χ0n) is 22.9. The van der Waals surface area contributed by atoms with Crippen molar-refractivity contribution in [2.45, 2.75) is 20.8 Å². The fourth-order valence-electron chi connectivity index (χ4n) is 4.69. The number of benzene rings is 4. The van der Waals surface area contributed by atoms with E-state index in [9.17, 15) is 0 Å². The molecule has 2 heteroatoms. The zero-order valence-corrected chi connectivity index (χ0v) is 22.9. The van der Waals surface area contributed by atoms with Crippen LogP contribution in [0.1, 0.15) is 41.7 Å². The number of allylic oxidation sites excluding steroid dienone is 2. The molecule has 0 bridgehead atoms. The van der Waals surface area contributed by atoms with E-state index in [0.29, 0.717) is 0 Å². The van der Waals surface area contributed by atoms with E-state index in [4.69, 9.17) is 0 Å². The Morgan fingerprint density at radius 2 is 1.22 bits per heavy atom. The van der Waals surface area contributed by atoms with Gasteiger partial charge in [0, 0.05) is 43.6 Å².